The van der Waals surface area contributed by atoms with E-state index in [1.54, 1.807) is 36.3 Å². The van der Waals surface area contributed by atoms with E-state index in [0.29, 0.717) is 22.9 Å². The van der Waals surface area contributed by atoms with Gasteiger partial charge in [-0.25, -0.2) is 4.39 Å². The average molecular weight is 422 g/mol. The second-order valence-corrected chi connectivity index (χ2v) is 7.72. The molecule has 3 aromatic rings. The van der Waals surface area contributed by atoms with Gasteiger partial charge in [0.05, 0.1) is 18.6 Å². The number of hydrogen-bond acceptors (Lipinski definition) is 4. The number of ether oxygens (including phenoxy) is 1. The number of halogens is 1. The Balaban J connectivity index is 1.69. The van der Waals surface area contributed by atoms with Gasteiger partial charge >= 0.3 is 0 Å². The number of nitrogens with one attached hydrogen (secondary N) is 1. The first-order chi connectivity index (χ1) is 14.6. The van der Waals surface area contributed by atoms with Crippen molar-refractivity contribution < 1.29 is 18.7 Å². The van der Waals surface area contributed by atoms with Crippen LogP contribution in [0.25, 0.3) is 0 Å². The molecule has 1 atom stereocenters. The van der Waals surface area contributed by atoms with E-state index >= 15 is 0 Å². The SMILES string of the molecule is COc1ccccc1N1C(=O)CS[C@H]1c1ccccc1NC(=O)c1cccc(F)c1. The highest BCUT2D eigenvalue weighted by Gasteiger charge is 2.36. The third kappa shape index (κ3) is 3.89. The van der Waals surface area contributed by atoms with Crippen molar-refractivity contribution in [1.82, 2.24) is 0 Å². The lowest BCUT2D eigenvalue weighted by Crippen LogP contribution is -2.29. The highest BCUT2D eigenvalue weighted by Crippen LogP contribution is 2.46. The van der Waals surface area contributed by atoms with Crippen molar-refractivity contribution in [3.05, 3.63) is 89.7 Å². The van der Waals surface area contributed by atoms with Gasteiger partial charge in [0.15, 0.2) is 0 Å². The topological polar surface area (TPSA) is 58.6 Å². The van der Waals surface area contributed by atoms with Crippen LogP contribution < -0.4 is 15.0 Å². The molecule has 30 heavy (non-hydrogen) atoms. The smallest absolute Gasteiger partial charge is 0.255 e. The minimum Gasteiger partial charge on any atom is -0.495 e. The molecule has 1 fully saturated rings. The molecule has 1 aliphatic rings. The molecule has 0 radical (unpaired) electrons. The Labute approximate surface area is 177 Å². The van der Waals surface area contributed by atoms with E-state index in [4.69, 9.17) is 4.74 Å². The molecule has 7 heteroatoms. The van der Waals surface area contributed by atoms with Crippen molar-refractivity contribution in [1.29, 1.82) is 0 Å². The minimum atomic E-state index is -0.477. The van der Waals surface area contributed by atoms with Crippen molar-refractivity contribution in [2.24, 2.45) is 0 Å². The lowest BCUT2D eigenvalue weighted by atomic mass is 10.1. The van der Waals surface area contributed by atoms with Crippen LogP contribution in [0, 0.1) is 5.82 Å². The number of anilines is 2. The second kappa shape index (κ2) is 8.59. The third-order valence-electron chi connectivity index (χ3n) is 4.77. The molecular weight excluding hydrogens is 403 g/mol. The largest absolute Gasteiger partial charge is 0.495 e. The number of benzene rings is 3. The van der Waals surface area contributed by atoms with Crippen LogP contribution in [0.2, 0.25) is 0 Å². The molecule has 1 saturated heterocycles. The van der Waals surface area contributed by atoms with Gasteiger partial charge in [-0.05, 0) is 36.4 Å². The summed E-state index contributed by atoms with van der Waals surface area (Å²) in [6.45, 7) is 0. The summed E-state index contributed by atoms with van der Waals surface area (Å²) in [5, 5.41) is 2.52. The molecule has 5 nitrogen and oxygen atoms in total. The molecule has 1 heterocycles. The zero-order valence-electron chi connectivity index (χ0n) is 16.2. The average Bonchev–Trinajstić information content (AvgIpc) is 3.15. The van der Waals surface area contributed by atoms with Gasteiger partial charge in [-0.2, -0.15) is 0 Å². The van der Waals surface area contributed by atoms with Crippen LogP contribution in [0.1, 0.15) is 21.3 Å². The first-order valence-electron chi connectivity index (χ1n) is 9.31. The first kappa shape index (κ1) is 20.0. The van der Waals surface area contributed by atoms with Gasteiger partial charge in [0.2, 0.25) is 5.91 Å². The molecule has 1 N–H and O–H groups in total. The number of nitrogens with zero attached hydrogens (tertiary/aromatic N) is 1. The molecule has 0 spiro atoms. The molecule has 0 saturated carbocycles. The first-order valence-corrected chi connectivity index (χ1v) is 10.4. The van der Waals surface area contributed by atoms with Gasteiger partial charge in [-0.1, -0.05) is 36.4 Å². The lowest BCUT2D eigenvalue weighted by molar-refractivity contribution is -0.115. The van der Waals surface area contributed by atoms with E-state index in [2.05, 4.69) is 5.32 Å². The molecule has 3 aromatic carbocycles. The van der Waals surface area contributed by atoms with Crippen LogP contribution in [0.3, 0.4) is 0 Å². The van der Waals surface area contributed by atoms with Crippen LogP contribution in [-0.4, -0.2) is 24.7 Å². The monoisotopic (exact) mass is 422 g/mol. The summed E-state index contributed by atoms with van der Waals surface area (Å²) in [6.07, 6.45) is 0. The summed E-state index contributed by atoms with van der Waals surface area (Å²) < 4.78 is 19.0. The minimum absolute atomic E-state index is 0.0410. The Bertz CT molecular complexity index is 1110. The molecule has 0 aliphatic carbocycles. The van der Waals surface area contributed by atoms with Gasteiger partial charge in [0.25, 0.3) is 5.91 Å². The number of methoxy groups -OCH3 is 1. The maximum Gasteiger partial charge on any atom is 0.255 e. The van der Waals surface area contributed by atoms with E-state index in [-0.39, 0.29) is 16.8 Å². The summed E-state index contributed by atoms with van der Waals surface area (Å²) in [5.74, 6) is -0.0229. The summed E-state index contributed by atoms with van der Waals surface area (Å²) in [4.78, 5) is 27.1. The van der Waals surface area contributed by atoms with Gasteiger partial charge in [-0.3, -0.25) is 14.5 Å². The molecular formula is C23H19FN2O3S. The van der Waals surface area contributed by atoms with E-state index in [0.717, 1.165) is 5.56 Å². The highest BCUT2D eigenvalue weighted by molar-refractivity contribution is 8.00. The second-order valence-electron chi connectivity index (χ2n) is 6.65. The Morgan fingerprint density at radius 2 is 1.87 bits per heavy atom. The predicted molar refractivity (Wildman–Crippen MR) is 116 cm³/mol. The fourth-order valence-electron chi connectivity index (χ4n) is 3.39. The van der Waals surface area contributed by atoms with Gasteiger partial charge in [-0.15, -0.1) is 11.8 Å². The van der Waals surface area contributed by atoms with E-state index in [1.165, 1.54) is 30.0 Å². The molecule has 0 aromatic heterocycles. The maximum absolute atomic E-state index is 13.5. The van der Waals surface area contributed by atoms with Crippen molar-refractivity contribution >= 4 is 35.0 Å². The number of carbonyl (C=O) groups excluding carboxylic acids is 2. The quantitative estimate of drug-likeness (QED) is 0.638. The summed E-state index contributed by atoms with van der Waals surface area (Å²) in [7, 11) is 1.56. The maximum atomic E-state index is 13.5. The number of para-hydroxylation sites is 3. The Morgan fingerprint density at radius 1 is 1.10 bits per heavy atom. The third-order valence-corrected chi connectivity index (χ3v) is 5.97. The zero-order valence-corrected chi connectivity index (χ0v) is 17.0. The van der Waals surface area contributed by atoms with E-state index < -0.39 is 11.7 Å². The van der Waals surface area contributed by atoms with Gasteiger partial charge in [0, 0.05) is 16.8 Å². The highest BCUT2D eigenvalue weighted by atomic mass is 32.2. The summed E-state index contributed by atoms with van der Waals surface area (Å²) >= 11 is 1.47. The van der Waals surface area contributed by atoms with Crippen molar-refractivity contribution in [2.75, 3.05) is 23.1 Å². The Hall–Kier alpha value is -3.32. The van der Waals surface area contributed by atoms with Crippen LogP contribution >= 0.6 is 11.8 Å². The lowest BCUT2D eigenvalue weighted by Gasteiger charge is -2.27. The molecule has 0 unspecified atom stereocenters. The molecule has 1 aliphatic heterocycles. The predicted octanol–water partition coefficient (Wildman–Crippen LogP) is 4.87. The van der Waals surface area contributed by atoms with Crippen LogP contribution in [-0.2, 0) is 4.79 Å². The van der Waals surface area contributed by atoms with E-state index in [1.807, 2.05) is 30.3 Å². The molecule has 152 valence electrons. The van der Waals surface area contributed by atoms with Gasteiger partial charge in [0.1, 0.15) is 16.9 Å². The standard InChI is InChI=1S/C23H19FN2O3S/c1-29-20-12-5-4-11-19(20)26-21(27)14-30-23(26)17-9-2-3-10-18(17)25-22(28)15-7-6-8-16(24)13-15/h2-13,23H,14H2,1H3,(H,25,28)/t23-/m0/s1. The Kier molecular flexibility index (Phi) is 5.72. The normalized spacial score (nSPS) is 15.9. The number of rotatable bonds is 5. The summed E-state index contributed by atoms with van der Waals surface area (Å²) in [5.41, 5.74) is 2.25. The van der Waals surface area contributed by atoms with Crippen LogP contribution in [0.4, 0.5) is 15.8 Å². The van der Waals surface area contributed by atoms with Crippen LogP contribution in [0.5, 0.6) is 5.75 Å². The van der Waals surface area contributed by atoms with E-state index in [9.17, 15) is 14.0 Å². The number of hydrogen-bond donors (Lipinski definition) is 1. The fourth-order valence-corrected chi connectivity index (χ4v) is 4.60. The summed E-state index contributed by atoms with van der Waals surface area (Å²) in [6, 6.07) is 20.2. The molecule has 2 amide bonds. The fraction of sp³-hybridized carbons (Fsp3) is 0.130. The van der Waals surface area contributed by atoms with Crippen molar-refractivity contribution in [3.8, 4) is 5.75 Å². The number of carbonyl (C=O) groups is 2. The van der Waals surface area contributed by atoms with Crippen molar-refractivity contribution in [2.45, 2.75) is 5.37 Å². The van der Waals surface area contributed by atoms with Crippen LogP contribution in [0.15, 0.2) is 72.8 Å². The number of thioether (sulfide) groups is 1. The number of amides is 2. The Morgan fingerprint density at radius 3 is 2.67 bits per heavy atom. The zero-order chi connectivity index (χ0) is 21.1. The van der Waals surface area contributed by atoms with Gasteiger partial charge < -0.3 is 10.1 Å². The van der Waals surface area contributed by atoms with Crippen molar-refractivity contribution in [3.63, 3.8) is 0 Å². The molecule has 0 bridgehead atoms. The molecule has 4 rings (SSSR count).